The van der Waals surface area contributed by atoms with Crippen LogP contribution in [0, 0.1) is 11.8 Å². The molecule has 0 bridgehead atoms. The fourth-order valence-electron chi connectivity index (χ4n) is 3.85. The number of piperidine rings is 1. The standard InChI is InChI=1S/C20H25NO3/c22-19(16-6-2-1-3-7-16)21-12-10-15(11-13-21)14-17-8-4-5-9-18(17)20(23)24/h1-2,4-5,8-9,15-16H,3,6-7,10-14H2,(H,23,24). The maximum atomic E-state index is 12.6. The number of carboxylic acids is 1. The first-order valence-corrected chi connectivity index (χ1v) is 8.90. The number of hydrogen-bond acceptors (Lipinski definition) is 2. The van der Waals surface area contributed by atoms with Crippen LogP contribution in [0.4, 0.5) is 0 Å². The van der Waals surface area contributed by atoms with Crippen molar-refractivity contribution in [3.05, 3.63) is 47.5 Å². The molecule has 1 atom stereocenters. The number of amides is 1. The number of rotatable bonds is 4. The van der Waals surface area contributed by atoms with E-state index in [0.717, 1.165) is 57.2 Å². The van der Waals surface area contributed by atoms with Gasteiger partial charge in [-0.25, -0.2) is 4.79 Å². The second kappa shape index (κ2) is 7.65. The SMILES string of the molecule is O=C(O)c1ccccc1CC1CCN(C(=O)C2CC=CCC2)CC1. The summed E-state index contributed by atoms with van der Waals surface area (Å²) in [5, 5.41) is 9.30. The van der Waals surface area contributed by atoms with Crippen LogP contribution in [0.1, 0.15) is 48.0 Å². The van der Waals surface area contributed by atoms with E-state index >= 15 is 0 Å². The Morgan fingerprint density at radius 2 is 1.83 bits per heavy atom. The molecule has 1 unspecified atom stereocenters. The molecule has 4 nitrogen and oxygen atoms in total. The van der Waals surface area contributed by atoms with E-state index in [-0.39, 0.29) is 5.92 Å². The van der Waals surface area contributed by atoms with Crippen LogP contribution in [0.25, 0.3) is 0 Å². The fourth-order valence-corrected chi connectivity index (χ4v) is 3.85. The summed E-state index contributed by atoms with van der Waals surface area (Å²) >= 11 is 0. The lowest BCUT2D eigenvalue weighted by atomic mass is 9.87. The number of carbonyl (C=O) groups is 2. The second-order valence-corrected chi connectivity index (χ2v) is 6.92. The third-order valence-electron chi connectivity index (χ3n) is 5.30. The normalized spacial score (nSPS) is 21.7. The summed E-state index contributed by atoms with van der Waals surface area (Å²) in [7, 11) is 0. The van der Waals surface area contributed by atoms with Crippen molar-refractivity contribution < 1.29 is 14.7 Å². The summed E-state index contributed by atoms with van der Waals surface area (Å²) in [6, 6.07) is 7.26. The highest BCUT2D eigenvalue weighted by Gasteiger charge is 2.28. The number of carboxylic acid groups (broad SMARTS) is 1. The quantitative estimate of drug-likeness (QED) is 0.861. The van der Waals surface area contributed by atoms with Gasteiger partial charge in [0.25, 0.3) is 0 Å². The van der Waals surface area contributed by atoms with E-state index in [1.54, 1.807) is 12.1 Å². The average molecular weight is 327 g/mol. The Hall–Kier alpha value is -2.10. The molecule has 4 heteroatoms. The minimum Gasteiger partial charge on any atom is -0.478 e. The van der Waals surface area contributed by atoms with Crippen molar-refractivity contribution in [1.82, 2.24) is 4.90 Å². The number of benzene rings is 1. The van der Waals surface area contributed by atoms with Crippen LogP contribution in [0.5, 0.6) is 0 Å². The molecule has 2 aliphatic rings. The first kappa shape index (κ1) is 16.7. The van der Waals surface area contributed by atoms with Crippen molar-refractivity contribution in [2.75, 3.05) is 13.1 Å². The molecule has 1 fully saturated rings. The average Bonchev–Trinajstić information content (AvgIpc) is 2.63. The van der Waals surface area contributed by atoms with Gasteiger partial charge in [0.2, 0.25) is 5.91 Å². The van der Waals surface area contributed by atoms with E-state index in [1.807, 2.05) is 17.0 Å². The third kappa shape index (κ3) is 3.86. The molecule has 0 radical (unpaired) electrons. The molecule has 0 aromatic heterocycles. The summed E-state index contributed by atoms with van der Waals surface area (Å²) in [5.41, 5.74) is 1.32. The Bertz CT molecular complexity index is 630. The smallest absolute Gasteiger partial charge is 0.335 e. The molecule has 1 aromatic carbocycles. The van der Waals surface area contributed by atoms with E-state index in [0.29, 0.717) is 17.4 Å². The predicted octanol–water partition coefficient (Wildman–Crippen LogP) is 3.52. The molecule has 1 aromatic rings. The van der Waals surface area contributed by atoms with Crippen LogP contribution >= 0.6 is 0 Å². The fraction of sp³-hybridized carbons (Fsp3) is 0.500. The molecule has 24 heavy (non-hydrogen) atoms. The van der Waals surface area contributed by atoms with Crippen LogP contribution in [-0.4, -0.2) is 35.0 Å². The molecule has 1 aliphatic heterocycles. The van der Waals surface area contributed by atoms with Crippen molar-refractivity contribution in [2.24, 2.45) is 11.8 Å². The molecule has 0 saturated carbocycles. The van der Waals surface area contributed by atoms with Gasteiger partial charge in [-0.2, -0.15) is 0 Å². The van der Waals surface area contributed by atoms with Gasteiger partial charge in [0.05, 0.1) is 5.56 Å². The molecule has 1 amide bonds. The molecule has 1 heterocycles. The summed E-state index contributed by atoms with van der Waals surface area (Å²) in [6.45, 7) is 1.61. The van der Waals surface area contributed by atoms with Crippen molar-refractivity contribution in [3.8, 4) is 0 Å². The Morgan fingerprint density at radius 1 is 1.08 bits per heavy atom. The van der Waals surface area contributed by atoms with Crippen LogP contribution < -0.4 is 0 Å². The van der Waals surface area contributed by atoms with Crippen LogP contribution in [-0.2, 0) is 11.2 Å². The van der Waals surface area contributed by atoms with E-state index < -0.39 is 5.97 Å². The number of allylic oxidation sites excluding steroid dienone is 2. The van der Waals surface area contributed by atoms with E-state index in [1.165, 1.54) is 0 Å². The van der Waals surface area contributed by atoms with Crippen LogP contribution in [0.2, 0.25) is 0 Å². The van der Waals surface area contributed by atoms with Crippen molar-refractivity contribution in [2.45, 2.75) is 38.5 Å². The van der Waals surface area contributed by atoms with Crippen LogP contribution in [0.3, 0.4) is 0 Å². The van der Waals surface area contributed by atoms with E-state index in [2.05, 4.69) is 12.2 Å². The lowest BCUT2D eigenvalue weighted by Gasteiger charge is -2.34. The highest BCUT2D eigenvalue weighted by Crippen LogP contribution is 2.27. The molecule has 128 valence electrons. The first-order chi connectivity index (χ1) is 11.6. The summed E-state index contributed by atoms with van der Waals surface area (Å²) in [5.74, 6) is 0.0763. The highest BCUT2D eigenvalue weighted by molar-refractivity contribution is 5.89. The molecular weight excluding hydrogens is 302 g/mol. The number of likely N-dealkylation sites (tertiary alicyclic amines) is 1. The highest BCUT2D eigenvalue weighted by atomic mass is 16.4. The minimum atomic E-state index is -0.858. The Kier molecular flexibility index (Phi) is 5.34. The first-order valence-electron chi connectivity index (χ1n) is 8.90. The van der Waals surface area contributed by atoms with Gasteiger partial charge in [0.1, 0.15) is 0 Å². The van der Waals surface area contributed by atoms with Crippen LogP contribution in [0.15, 0.2) is 36.4 Å². The van der Waals surface area contributed by atoms with Crippen molar-refractivity contribution in [3.63, 3.8) is 0 Å². The molecule has 1 aliphatic carbocycles. The van der Waals surface area contributed by atoms with E-state index in [4.69, 9.17) is 0 Å². The lowest BCUT2D eigenvalue weighted by Crippen LogP contribution is -2.42. The molecule has 1 N–H and O–H groups in total. The Balaban J connectivity index is 1.55. The van der Waals surface area contributed by atoms with Crippen molar-refractivity contribution in [1.29, 1.82) is 0 Å². The zero-order valence-corrected chi connectivity index (χ0v) is 14.0. The molecule has 1 saturated heterocycles. The predicted molar refractivity (Wildman–Crippen MR) is 92.9 cm³/mol. The van der Waals surface area contributed by atoms with E-state index in [9.17, 15) is 14.7 Å². The van der Waals surface area contributed by atoms with Gasteiger partial charge in [-0.05, 0) is 56.1 Å². The number of carbonyl (C=O) groups excluding carboxylic acids is 1. The van der Waals surface area contributed by atoms with Gasteiger partial charge >= 0.3 is 5.97 Å². The third-order valence-corrected chi connectivity index (χ3v) is 5.30. The zero-order chi connectivity index (χ0) is 16.9. The largest absolute Gasteiger partial charge is 0.478 e. The molecular formula is C20H25NO3. The monoisotopic (exact) mass is 327 g/mol. The summed E-state index contributed by atoms with van der Waals surface area (Å²) < 4.78 is 0. The van der Waals surface area contributed by atoms with Gasteiger partial charge in [0.15, 0.2) is 0 Å². The molecule has 0 spiro atoms. The second-order valence-electron chi connectivity index (χ2n) is 6.92. The number of hydrogen-bond donors (Lipinski definition) is 1. The maximum absolute atomic E-state index is 12.6. The zero-order valence-electron chi connectivity index (χ0n) is 14.0. The molecule has 3 rings (SSSR count). The summed E-state index contributed by atoms with van der Waals surface area (Å²) in [6.07, 6.45) is 9.86. The topological polar surface area (TPSA) is 57.6 Å². The lowest BCUT2D eigenvalue weighted by molar-refractivity contribution is -0.137. The van der Waals surface area contributed by atoms with Gasteiger partial charge in [0, 0.05) is 19.0 Å². The van der Waals surface area contributed by atoms with Gasteiger partial charge in [-0.15, -0.1) is 0 Å². The number of aromatic carboxylic acids is 1. The van der Waals surface area contributed by atoms with Gasteiger partial charge < -0.3 is 10.0 Å². The Labute approximate surface area is 143 Å². The Morgan fingerprint density at radius 3 is 2.50 bits per heavy atom. The number of nitrogens with zero attached hydrogens (tertiary/aromatic N) is 1. The van der Waals surface area contributed by atoms with Gasteiger partial charge in [-0.1, -0.05) is 30.4 Å². The van der Waals surface area contributed by atoms with Gasteiger partial charge in [-0.3, -0.25) is 4.79 Å². The van der Waals surface area contributed by atoms with Crippen molar-refractivity contribution >= 4 is 11.9 Å². The maximum Gasteiger partial charge on any atom is 0.335 e. The minimum absolute atomic E-state index is 0.166. The summed E-state index contributed by atoms with van der Waals surface area (Å²) in [4.78, 5) is 25.9.